The van der Waals surface area contributed by atoms with Crippen molar-refractivity contribution in [3.8, 4) is 0 Å². The highest BCUT2D eigenvalue weighted by Gasteiger charge is 2.38. The maximum atomic E-state index is 13.1. The lowest BCUT2D eigenvalue weighted by atomic mass is 9.76. The largest absolute Gasteiger partial charge is 0.378 e. The third kappa shape index (κ3) is 3.71. The van der Waals surface area contributed by atoms with Gasteiger partial charge in [-0.1, -0.05) is 37.1 Å². The number of rotatable bonds is 3. The summed E-state index contributed by atoms with van der Waals surface area (Å²) in [5.74, 6) is 0.611. The number of likely N-dealkylation sites (tertiary alicyclic amines) is 1. The zero-order valence-corrected chi connectivity index (χ0v) is 17.5. The second kappa shape index (κ2) is 8.17. The molecule has 5 rings (SSSR count). The lowest BCUT2D eigenvalue weighted by Gasteiger charge is -2.37. The standard InChI is InChI=1S/C25H27N3O3/c29-25(27-13-3-1-2-4-14-27)18-11-12-23-22(16-18)20-9-6-10-21(20)24(26-23)17-7-5-8-19(15-17)28(30)31/h5-9,11-12,15-16,20-21,24,26H,1-4,10,13-14H2/t20-,21-,24+/m1/s1. The Hall–Kier alpha value is -3.15. The minimum Gasteiger partial charge on any atom is -0.378 e. The zero-order valence-electron chi connectivity index (χ0n) is 17.5. The summed E-state index contributed by atoms with van der Waals surface area (Å²) in [6.07, 6.45) is 9.90. The smallest absolute Gasteiger partial charge is 0.269 e. The number of fused-ring (bicyclic) bond motifs is 3. The number of nitro benzene ring substituents is 1. The molecule has 0 saturated carbocycles. The number of benzene rings is 2. The Morgan fingerprint density at radius 1 is 1.06 bits per heavy atom. The number of nitro groups is 1. The maximum Gasteiger partial charge on any atom is 0.269 e. The van der Waals surface area contributed by atoms with Crippen molar-refractivity contribution >= 4 is 17.3 Å². The summed E-state index contributed by atoms with van der Waals surface area (Å²) in [5.41, 5.74) is 3.97. The van der Waals surface area contributed by atoms with Crippen LogP contribution in [0.3, 0.4) is 0 Å². The van der Waals surface area contributed by atoms with Crippen molar-refractivity contribution in [2.45, 2.75) is 44.1 Å². The van der Waals surface area contributed by atoms with Gasteiger partial charge in [-0.2, -0.15) is 0 Å². The third-order valence-electron chi connectivity index (χ3n) is 6.94. The molecule has 2 aromatic rings. The van der Waals surface area contributed by atoms with Crippen molar-refractivity contribution in [3.63, 3.8) is 0 Å². The molecule has 1 fully saturated rings. The Morgan fingerprint density at radius 2 is 1.87 bits per heavy atom. The van der Waals surface area contributed by atoms with Crippen LogP contribution in [0.2, 0.25) is 0 Å². The molecule has 6 nitrogen and oxygen atoms in total. The molecule has 3 aliphatic rings. The molecule has 0 unspecified atom stereocenters. The molecule has 160 valence electrons. The van der Waals surface area contributed by atoms with E-state index in [4.69, 9.17) is 0 Å². The van der Waals surface area contributed by atoms with Gasteiger partial charge in [0, 0.05) is 42.4 Å². The quantitative estimate of drug-likeness (QED) is 0.410. The van der Waals surface area contributed by atoms with Crippen LogP contribution in [0.1, 0.15) is 65.5 Å². The van der Waals surface area contributed by atoms with E-state index >= 15 is 0 Å². The summed E-state index contributed by atoms with van der Waals surface area (Å²) in [7, 11) is 0. The van der Waals surface area contributed by atoms with Crippen LogP contribution in [0.4, 0.5) is 11.4 Å². The monoisotopic (exact) mass is 417 g/mol. The molecule has 1 amide bonds. The number of allylic oxidation sites excluding steroid dienone is 2. The van der Waals surface area contributed by atoms with Crippen molar-refractivity contribution in [3.05, 3.63) is 81.4 Å². The van der Waals surface area contributed by atoms with Crippen molar-refractivity contribution in [1.82, 2.24) is 4.90 Å². The van der Waals surface area contributed by atoms with Gasteiger partial charge in [0.1, 0.15) is 0 Å². The highest BCUT2D eigenvalue weighted by molar-refractivity contribution is 5.95. The lowest BCUT2D eigenvalue weighted by Crippen LogP contribution is -2.33. The van der Waals surface area contributed by atoms with E-state index in [0.29, 0.717) is 0 Å². The Balaban J connectivity index is 1.46. The lowest BCUT2D eigenvalue weighted by molar-refractivity contribution is -0.384. The number of non-ortho nitro benzene ring substituents is 1. The van der Waals surface area contributed by atoms with Crippen LogP contribution in [0.25, 0.3) is 0 Å². The molecule has 0 radical (unpaired) electrons. The molecular formula is C25H27N3O3. The van der Waals surface area contributed by atoms with Crippen molar-refractivity contribution in [2.24, 2.45) is 5.92 Å². The van der Waals surface area contributed by atoms with Crippen molar-refractivity contribution in [1.29, 1.82) is 0 Å². The van der Waals surface area contributed by atoms with E-state index in [1.54, 1.807) is 12.1 Å². The fourth-order valence-corrected chi connectivity index (χ4v) is 5.35. The van der Waals surface area contributed by atoms with Crippen molar-refractivity contribution < 1.29 is 9.72 Å². The molecule has 2 heterocycles. The van der Waals surface area contributed by atoms with Crippen molar-refractivity contribution in [2.75, 3.05) is 18.4 Å². The number of carbonyl (C=O) groups excluding carboxylic acids is 1. The first-order valence-corrected chi connectivity index (χ1v) is 11.2. The highest BCUT2D eigenvalue weighted by Crippen LogP contribution is 2.50. The van der Waals surface area contributed by atoms with E-state index in [1.807, 2.05) is 23.1 Å². The average molecular weight is 418 g/mol. The predicted molar refractivity (Wildman–Crippen MR) is 120 cm³/mol. The Labute approximate surface area is 182 Å². The summed E-state index contributed by atoms with van der Waals surface area (Å²) >= 11 is 0. The number of carbonyl (C=O) groups is 1. The molecule has 1 saturated heterocycles. The van der Waals surface area contributed by atoms with Gasteiger partial charge in [-0.3, -0.25) is 14.9 Å². The fraction of sp³-hybridized carbons (Fsp3) is 0.400. The van der Waals surface area contributed by atoms with Gasteiger partial charge in [-0.15, -0.1) is 0 Å². The van der Waals surface area contributed by atoms with E-state index in [9.17, 15) is 14.9 Å². The van der Waals surface area contributed by atoms with Gasteiger partial charge in [0.05, 0.1) is 11.0 Å². The van der Waals surface area contributed by atoms with Crippen LogP contribution in [0.15, 0.2) is 54.6 Å². The summed E-state index contributed by atoms with van der Waals surface area (Å²) in [6, 6.07) is 12.9. The molecule has 3 atom stereocenters. The number of anilines is 1. The van der Waals surface area contributed by atoms with Gasteiger partial charge in [-0.25, -0.2) is 0 Å². The Kier molecular flexibility index (Phi) is 5.22. The van der Waals surface area contributed by atoms with Gasteiger partial charge in [0.15, 0.2) is 0 Å². The topological polar surface area (TPSA) is 75.5 Å². The molecule has 0 spiro atoms. The first-order valence-electron chi connectivity index (χ1n) is 11.2. The van der Waals surface area contributed by atoms with Crippen LogP contribution in [0.5, 0.6) is 0 Å². The SMILES string of the molecule is O=C(c1ccc2c(c1)[C@@H]1C=CC[C@H]1[C@H](c1cccc([N+](=O)[O-])c1)N2)N1CCCCCC1. The number of nitrogens with one attached hydrogen (secondary N) is 1. The van der Waals surface area contributed by atoms with E-state index in [1.165, 1.54) is 18.9 Å². The van der Waals surface area contributed by atoms with Crippen LogP contribution < -0.4 is 5.32 Å². The molecular weight excluding hydrogens is 390 g/mol. The minimum absolute atomic E-state index is 0.000409. The van der Waals surface area contributed by atoms with E-state index in [-0.39, 0.29) is 34.4 Å². The zero-order chi connectivity index (χ0) is 21.4. The van der Waals surface area contributed by atoms with Gasteiger partial charge in [-0.05, 0) is 54.5 Å². The number of amides is 1. The summed E-state index contributed by atoms with van der Waals surface area (Å²) < 4.78 is 0. The van der Waals surface area contributed by atoms with Gasteiger partial charge in [0.2, 0.25) is 0 Å². The van der Waals surface area contributed by atoms with E-state index < -0.39 is 0 Å². The number of nitrogens with zero attached hydrogens (tertiary/aromatic N) is 2. The summed E-state index contributed by atoms with van der Waals surface area (Å²) in [5, 5.41) is 14.9. The number of hydrogen-bond donors (Lipinski definition) is 1. The van der Waals surface area contributed by atoms with Crippen LogP contribution in [0, 0.1) is 16.0 Å². The molecule has 2 aliphatic heterocycles. The van der Waals surface area contributed by atoms with Crippen LogP contribution >= 0.6 is 0 Å². The second-order valence-corrected chi connectivity index (χ2v) is 8.84. The van der Waals surface area contributed by atoms with Gasteiger partial charge in [0.25, 0.3) is 11.6 Å². The second-order valence-electron chi connectivity index (χ2n) is 8.84. The van der Waals surface area contributed by atoms with Crippen LogP contribution in [-0.2, 0) is 0 Å². The Bertz CT molecular complexity index is 1040. The van der Waals surface area contributed by atoms with Crippen LogP contribution in [-0.4, -0.2) is 28.8 Å². The summed E-state index contributed by atoms with van der Waals surface area (Å²) in [6.45, 7) is 1.68. The molecule has 0 aromatic heterocycles. The van der Waals surface area contributed by atoms with Gasteiger partial charge < -0.3 is 10.2 Å². The molecule has 1 N–H and O–H groups in total. The van der Waals surface area contributed by atoms with E-state index in [0.717, 1.165) is 54.7 Å². The molecule has 0 bridgehead atoms. The van der Waals surface area contributed by atoms with Gasteiger partial charge >= 0.3 is 0 Å². The first-order chi connectivity index (χ1) is 15.1. The average Bonchev–Trinajstić information content (AvgIpc) is 3.13. The number of hydrogen-bond acceptors (Lipinski definition) is 4. The minimum atomic E-state index is -0.342. The van der Waals surface area contributed by atoms with E-state index in [2.05, 4.69) is 23.5 Å². The maximum absolute atomic E-state index is 13.1. The fourth-order valence-electron chi connectivity index (χ4n) is 5.35. The summed E-state index contributed by atoms with van der Waals surface area (Å²) in [4.78, 5) is 26.1. The molecule has 31 heavy (non-hydrogen) atoms. The predicted octanol–water partition coefficient (Wildman–Crippen LogP) is 5.44. The Morgan fingerprint density at radius 3 is 2.65 bits per heavy atom. The third-order valence-corrected chi connectivity index (χ3v) is 6.94. The molecule has 6 heteroatoms. The highest BCUT2D eigenvalue weighted by atomic mass is 16.6. The molecule has 2 aromatic carbocycles. The molecule has 1 aliphatic carbocycles. The first kappa shape index (κ1) is 19.8. The normalized spacial score (nSPS) is 24.6.